The summed E-state index contributed by atoms with van der Waals surface area (Å²) in [4.78, 5) is 18.7. The predicted octanol–water partition coefficient (Wildman–Crippen LogP) is 3.72. The quantitative estimate of drug-likeness (QED) is 0.653. The number of hydrogen-bond acceptors (Lipinski definition) is 5. The van der Waals surface area contributed by atoms with Gasteiger partial charge in [-0.1, -0.05) is 25.0 Å². The third-order valence-corrected chi connectivity index (χ3v) is 7.09. The van der Waals surface area contributed by atoms with Crippen molar-refractivity contribution in [3.05, 3.63) is 60.2 Å². The van der Waals surface area contributed by atoms with Crippen molar-refractivity contribution in [2.75, 3.05) is 11.9 Å². The van der Waals surface area contributed by atoms with Crippen molar-refractivity contribution in [2.24, 2.45) is 5.92 Å². The zero-order chi connectivity index (χ0) is 21.7. The van der Waals surface area contributed by atoms with Crippen molar-refractivity contribution in [1.82, 2.24) is 29.3 Å². The van der Waals surface area contributed by atoms with Crippen LogP contribution in [0.2, 0.25) is 0 Å². The van der Waals surface area contributed by atoms with Gasteiger partial charge in [0.2, 0.25) is 0 Å². The summed E-state index contributed by atoms with van der Waals surface area (Å²) in [6.45, 7) is 1.02. The molecule has 2 aliphatic carbocycles. The third-order valence-electron chi connectivity index (χ3n) is 7.09. The molecule has 0 saturated heterocycles. The Hall–Kier alpha value is -3.62. The molecule has 3 aromatic heterocycles. The predicted molar refractivity (Wildman–Crippen MR) is 119 cm³/mol. The lowest BCUT2D eigenvalue weighted by Crippen LogP contribution is -2.42. The Morgan fingerprint density at radius 3 is 2.91 bits per heavy atom. The summed E-state index contributed by atoms with van der Waals surface area (Å²) in [5.74, 6) is 1.08. The van der Waals surface area contributed by atoms with Crippen molar-refractivity contribution < 1.29 is 9.90 Å². The minimum absolute atomic E-state index is 0.228. The van der Waals surface area contributed by atoms with Crippen LogP contribution >= 0.6 is 0 Å². The number of carboxylic acid groups (broad SMARTS) is 1. The molecule has 0 bridgehead atoms. The zero-order valence-corrected chi connectivity index (χ0v) is 17.7. The summed E-state index contributed by atoms with van der Waals surface area (Å²) in [5, 5.41) is 22.5. The molecule has 9 nitrogen and oxygen atoms in total. The zero-order valence-electron chi connectivity index (χ0n) is 17.7. The first-order valence-corrected chi connectivity index (χ1v) is 11.2. The van der Waals surface area contributed by atoms with Crippen molar-refractivity contribution in [3.8, 4) is 0 Å². The van der Waals surface area contributed by atoms with E-state index in [1.54, 1.807) is 17.3 Å². The Morgan fingerprint density at radius 1 is 1.25 bits per heavy atom. The monoisotopic (exact) mass is 431 g/mol. The van der Waals surface area contributed by atoms with Crippen LogP contribution in [0.1, 0.15) is 43.4 Å². The van der Waals surface area contributed by atoms with Crippen molar-refractivity contribution in [3.63, 3.8) is 0 Å². The van der Waals surface area contributed by atoms with Crippen molar-refractivity contribution in [1.29, 1.82) is 0 Å². The summed E-state index contributed by atoms with van der Waals surface area (Å²) >= 11 is 0. The number of rotatable bonds is 4. The molecule has 1 fully saturated rings. The molecule has 1 saturated carbocycles. The van der Waals surface area contributed by atoms with E-state index in [2.05, 4.69) is 33.7 Å². The highest BCUT2D eigenvalue weighted by molar-refractivity contribution is 5.71. The number of aromatic nitrogens is 5. The molecule has 1 spiro atoms. The van der Waals surface area contributed by atoms with E-state index in [0.717, 1.165) is 60.5 Å². The first kappa shape index (κ1) is 19.1. The van der Waals surface area contributed by atoms with Gasteiger partial charge in [-0.15, -0.1) is 0 Å². The summed E-state index contributed by atoms with van der Waals surface area (Å²) < 4.78 is 3.72. The second-order valence-electron chi connectivity index (χ2n) is 8.78. The lowest BCUT2D eigenvalue weighted by molar-refractivity contribution is 0.0834. The van der Waals surface area contributed by atoms with Crippen LogP contribution in [0.25, 0.3) is 11.3 Å². The van der Waals surface area contributed by atoms with Gasteiger partial charge in [0, 0.05) is 42.2 Å². The van der Waals surface area contributed by atoms with E-state index in [0.29, 0.717) is 13.1 Å². The van der Waals surface area contributed by atoms with E-state index in [4.69, 9.17) is 4.98 Å². The summed E-state index contributed by atoms with van der Waals surface area (Å²) in [7, 11) is 0. The molecule has 1 amide bonds. The summed E-state index contributed by atoms with van der Waals surface area (Å²) in [5.41, 5.74) is 3.21. The second kappa shape index (κ2) is 7.22. The fourth-order valence-corrected chi connectivity index (χ4v) is 5.61. The van der Waals surface area contributed by atoms with Crippen LogP contribution in [-0.2, 0) is 12.1 Å². The van der Waals surface area contributed by atoms with E-state index < -0.39 is 11.6 Å². The number of nitrogens with one attached hydrogen (secondary N) is 1. The van der Waals surface area contributed by atoms with Gasteiger partial charge in [0.1, 0.15) is 5.82 Å². The molecule has 9 heteroatoms. The highest BCUT2D eigenvalue weighted by Crippen LogP contribution is 2.51. The number of allylic oxidation sites excluding steroid dienone is 3. The average molecular weight is 432 g/mol. The van der Waals surface area contributed by atoms with E-state index in [9.17, 15) is 9.90 Å². The number of carbonyl (C=O) groups is 1. The summed E-state index contributed by atoms with van der Waals surface area (Å²) in [6.07, 6.45) is 15.5. The minimum Gasteiger partial charge on any atom is -0.465 e. The smallest absolute Gasteiger partial charge is 0.408 e. The highest BCUT2D eigenvalue weighted by atomic mass is 16.4. The van der Waals surface area contributed by atoms with Gasteiger partial charge in [0.15, 0.2) is 5.65 Å². The first-order valence-electron chi connectivity index (χ1n) is 11.2. The normalized spacial score (nSPS) is 21.3. The van der Waals surface area contributed by atoms with Crippen LogP contribution in [0.4, 0.5) is 10.6 Å². The number of amides is 1. The van der Waals surface area contributed by atoms with E-state index in [1.807, 2.05) is 27.5 Å². The topological polar surface area (TPSA) is 101 Å². The van der Waals surface area contributed by atoms with Crippen molar-refractivity contribution >= 4 is 23.3 Å². The van der Waals surface area contributed by atoms with Gasteiger partial charge in [-0.25, -0.2) is 14.5 Å². The van der Waals surface area contributed by atoms with Gasteiger partial charge < -0.3 is 10.4 Å². The second-order valence-corrected chi connectivity index (χ2v) is 8.78. The number of fused-ring (bicyclic) bond motifs is 3. The number of anilines is 1. The minimum atomic E-state index is -0.880. The van der Waals surface area contributed by atoms with Crippen LogP contribution in [0.15, 0.2) is 49.0 Å². The maximum atomic E-state index is 12.2. The average Bonchev–Trinajstić information content (AvgIpc) is 3.60. The van der Waals surface area contributed by atoms with Crippen LogP contribution in [-0.4, -0.2) is 47.0 Å². The van der Waals surface area contributed by atoms with Crippen LogP contribution in [0, 0.1) is 5.92 Å². The Labute approximate surface area is 185 Å². The molecule has 1 unspecified atom stereocenters. The molecule has 0 radical (unpaired) electrons. The molecule has 1 aliphatic heterocycles. The van der Waals surface area contributed by atoms with Gasteiger partial charge in [0.25, 0.3) is 0 Å². The molecular weight excluding hydrogens is 406 g/mol. The molecule has 32 heavy (non-hydrogen) atoms. The maximum absolute atomic E-state index is 12.2. The Balaban J connectivity index is 1.39. The van der Waals surface area contributed by atoms with Gasteiger partial charge >= 0.3 is 6.09 Å². The highest BCUT2D eigenvalue weighted by Gasteiger charge is 2.52. The Morgan fingerprint density at radius 2 is 2.12 bits per heavy atom. The first-order chi connectivity index (χ1) is 15.7. The lowest BCUT2D eigenvalue weighted by atomic mass is 9.92. The Kier molecular flexibility index (Phi) is 4.31. The number of hydrogen-bond donors (Lipinski definition) is 2. The molecule has 164 valence electrons. The molecule has 0 aromatic carbocycles. The van der Waals surface area contributed by atoms with Crippen LogP contribution in [0.5, 0.6) is 0 Å². The van der Waals surface area contributed by atoms with E-state index in [1.165, 1.54) is 0 Å². The SMILES string of the molecule is O=C(O)N1Cc2c(nc3ccnn3c2NCC2CC=CC=C2n2cccn2)C12CCCC2. The molecule has 3 aromatic rings. The van der Waals surface area contributed by atoms with Crippen LogP contribution in [0.3, 0.4) is 0 Å². The van der Waals surface area contributed by atoms with E-state index >= 15 is 0 Å². The number of nitrogens with zero attached hydrogens (tertiary/aromatic N) is 6. The molecule has 2 N–H and O–H groups in total. The third kappa shape index (κ3) is 2.77. The fourth-order valence-electron chi connectivity index (χ4n) is 5.61. The van der Waals surface area contributed by atoms with Gasteiger partial charge in [-0.05, 0) is 31.4 Å². The van der Waals surface area contributed by atoms with Gasteiger partial charge in [0.05, 0.1) is 24.0 Å². The van der Waals surface area contributed by atoms with Gasteiger partial charge in [-0.3, -0.25) is 4.90 Å². The molecule has 1 atom stereocenters. The standard InChI is InChI=1S/C23H25N7O2/c31-22(32)28-15-17-20(23(28)9-3-4-10-23)27-19-8-12-26-30(19)21(17)24-14-16-6-1-2-7-18(16)29-13-5-11-25-29/h1-2,5,7-8,11-13,16,24H,3-4,6,9-10,14-15H2,(H,31,32). The molecule has 4 heterocycles. The lowest BCUT2D eigenvalue weighted by Gasteiger charge is -2.32. The molecule has 6 rings (SSSR count). The van der Waals surface area contributed by atoms with Crippen molar-refractivity contribution in [2.45, 2.75) is 44.2 Å². The largest absolute Gasteiger partial charge is 0.465 e. The van der Waals surface area contributed by atoms with Crippen LogP contribution < -0.4 is 5.32 Å². The summed E-state index contributed by atoms with van der Waals surface area (Å²) in [6, 6.07) is 3.81. The van der Waals surface area contributed by atoms with E-state index in [-0.39, 0.29) is 5.92 Å². The van der Waals surface area contributed by atoms with Gasteiger partial charge in [-0.2, -0.15) is 14.7 Å². The maximum Gasteiger partial charge on any atom is 0.408 e. The fraction of sp³-hybridized carbons (Fsp3) is 0.391. The molecular formula is C23H25N7O2. The Bertz CT molecular complexity index is 1230. The molecule has 3 aliphatic rings.